The Bertz CT molecular complexity index is 138. The molecular weight excluding hydrogens is 108 g/mol. The first-order chi connectivity index (χ1) is 4.33. The third-order valence-corrected chi connectivity index (χ3v) is 1.93. The minimum absolute atomic E-state index is 0.537. The number of terminal acetylenes is 1. The van der Waals surface area contributed by atoms with Crippen molar-refractivity contribution in [3.8, 4) is 12.3 Å². The first-order valence-corrected chi connectivity index (χ1v) is 3.45. The van der Waals surface area contributed by atoms with Crippen LogP contribution in [0.25, 0.3) is 0 Å². The average molecular weight is 120 g/mol. The van der Waals surface area contributed by atoms with Gasteiger partial charge < -0.3 is 0 Å². The molecule has 0 atom stereocenters. The highest BCUT2D eigenvalue weighted by atomic mass is 14.2. The standard InChI is InChI=1S/C9H12/c1-3-9-6-4-8(2)5-7-9/h1,9H,2,4-7H2. The first kappa shape index (κ1) is 6.42. The third-order valence-electron chi connectivity index (χ3n) is 1.93. The maximum Gasteiger partial charge on any atom is 0.0206 e. The summed E-state index contributed by atoms with van der Waals surface area (Å²) in [7, 11) is 0. The SMILES string of the molecule is C#CC1CCC(=C)CC1. The minimum atomic E-state index is 0.537. The van der Waals surface area contributed by atoms with E-state index in [-0.39, 0.29) is 0 Å². The maximum absolute atomic E-state index is 5.27. The van der Waals surface area contributed by atoms with Crippen molar-refractivity contribution in [2.75, 3.05) is 0 Å². The molecule has 0 heterocycles. The van der Waals surface area contributed by atoms with Crippen molar-refractivity contribution in [3.63, 3.8) is 0 Å². The van der Waals surface area contributed by atoms with Crippen LogP contribution in [0.1, 0.15) is 25.7 Å². The lowest BCUT2D eigenvalue weighted by atomic mass is 9.87. The second-order valence-electron chi connectivity index (χ2n) is 2.69. The fourth-order valence-corrected chi connectivity index (χ4v) is 1.19. The Hall–Kier alpha value is -0.700. The van der Waals surface area contributed by atoms with Gasteiger partial charge in [-0.2, -0.15) is 0 Å². The Labute approximate surface area is 57.0 Å². The second kappa shape index (κ2) is 2.73. The molecule has 1 saturated carbocycles. The van der Waals surface area contributed by atoms with Crippen molar-refractivity contribution in [1.29, 1.82) is 0 Å². The highest BCUT2D eigenvalue weighted by molar-refractivity contribution is 5.04. The van der Waals surface area contributed by atoms with Crippen LogP contribution in [-0.4, -0.2) is 0 Å². The van der Waals surface area contributed by atoms with E-state index < -0.39 is 0 Å². The molecule has 0 heteroatoms. The zero-order chi connectivity index (χ0) is 6.69. The van der Waals surface area contributed by atoms with Crippen LogP contribution < -0.4 is 0 Å². The predicted molar refractivity (Wildman–Crippen MR) is 39.9 cm³/mol. The molecule has 1 fully saturated rings. The molecule has 0 aliphatic heterocycles. The predicted octanol–water partition coefficient (Wildman–Crippen LogP) is 2.37. The zero-order valence-electron chi connectivity index (χ0n) is 5.69. The summed E-state index contributed by atoms with van der Waals surface area (Å²) in [5.74, 6) is 3.32. The topological polar surface area (TPSA) is 0 Å². The first-order valence-electron chi connectivity index (χ1n) is 3.45. The summed E-state index contributed by atoms with van der Waals surface area (Å²) in [6, 6.07) is 0. The summed E-state index contributed by atoms with van der Waals surface area (Å²) >= 11 is 0. The monoisotopic (exact) mass is 120 g/mol. The van der Waals surface area contributed by atoms with E-state index in [9.17, 15) is 0 Å². The van der Waals surface area contributed by atoms with Gasteiger partial charge in [-0.25, -0.2) is 0 Å². The summed E-state index contributed by atoms with van der Waals surface area (Å²) in [4.78, 5) is 0. The number of hydrogen-bond acceptors (Lipinski definition) is 0. The summed E-state index contributed by atoms with van der Waals surface area (Å²) in [5, 5.41) is 0. The fourth-order valence-electron chi connectivity index (χ4n) is 1.19. The minimum Gasteiger partial charge on any atom is -0.120 e. The van der Waals surface area contributed by atoms with Gasteiger partial charge >= 0.3 is 0 Å². The van der Waals surface area contributed by atoms with E-state index >= 15 is 0 Å². The molecular formula is C9H12. The van der Waals surface area contributed by atoms with Crippen LogP contribution in [0.15, 0.2) is 12.2 Å². The van der Waals surface area contributed by atoms with Crippen molar-refractivity contribution in [3.05, 3.63) is 12.2 Å². The molecule has 0 aromatic heterocycles. The van der Waals surface area contributed by atoms with E-state index in [1.54, 1.807) is 0 Å². The largest absolute Gasteiger partial charge is 0.120 e. The Balaban J connectivity index is 2.37. The van der Waals surface area contributed by atoms with Gasteiger partial charge in [0, 0.05) is 5.92 Å². The maximum atomic E-state index is 5.27. The quantitative estimate of drug-likeness (QED) is 0.340. The fraction of sp³-hybridized carbons (Fsp3) is 0.556. The van der Waals surface area contributed by atoms with Gasteiger partial charge in [-0.3, -0.25) is 0 Å². The van der Waals surface area contributed by atoms with Gasteiger partial charge in [0.1, 0.15) is 0 Å². The molecule has 0 aromatic carbocycles. The van der Waals surface area contributed by atoms with Crippen molar-refractivity contribution in [1.82, 2.24) is 0 Å². The van der Waals surface area contributed by atoms with Crippen LogP contribution in [0, 0.1) is 18.3 Å². The molecule has 0 bridgehead atoms. The van der Waals surface area contributed by atoms with Gasteiger partial charge in [-0.05, 0) is 25.7 Å². The highest BCUT2D eigenvalue weighted by Crippen LogP contribution is 2.25. The molecule has 1 rings (SSSR count). The summed E-state index contributed by atoms with van der Waals surface area (Å²) in [6.07, 6.45) is 9.89. The molecule has 0 nitrogen and oxygen atoms in total. The molecule has 48 valence electrons. The molecule has 1 aliphatic carbocycles. The van der Waals surface area contributed by atoms with E-state index in [0.29, 0.717) is 5.92 Å². The van der Waals surface area contributed by atoms with E-state index in [4.69, 9.17) is 6.42 Å². The van der Waals surface area contributed by atoms with Crippen molar-refractivity contribution < 1.29 is 0 Å². The normalized spacial score (nSPS) is 21.4. The lowest BCUT2D eigenvalue weighted by Crippen LogP contribution is -2.04. The van der Waals surface area contributed by atoms with Gasteiger partial charge in [0.15, 0.2) is 0 Å². The third kappa shape index (κ3) is 1.61. The Morgan fingerprint density at radius 2 is 2.00 bits per heavy atom. The molecule has 0 unspecified atom stereocenters. The number of hydrogen-bond donors (Lipinski definition) is 0. The highest BCUT2D eigenvalue weighted by Gasteiger charge is 2.11. The summed E-state index contributed by atoms with van der Waals surface area (Å²) in [6.45, 7) is 3.91. The lowest BCUT2D eigenvalue weighted by molar-refractivity contribution is 0.504. The molecule has 0 saturated heterocycles. The van der Waals surface area contributed by atoms with Crippen LogP contribution in [0.2, 0.25) is 0 Å². The van der Waals surface area contributed by atoms with Crippen molar-refractivity contribution in [2.24, 2.45) is 5.92 Å². The van der Waals surface area contributed by atoms with Gasteiger partial charge in [0.25, 0.3) is 0 Å². The van der Waals surface area contributed by atoms with E-state index in [2.05, 4.69) is 12.5 Å². The van der Waals surface area contributed by atoms with Crippen LogP contribution in [-0.2, 0) is 0 Å². The van der Waals surface area contributed by atoms with Crippen LogP contribution in [0.3, 0.4) is 0 Å². The van der Waals surface area contributed by atoms with E-state index in [1.165, 1.54) is 5.57 Å². The molecule has 0 radical (unpaired) electrons. The molecule has 1 aliphatic rings. The second-order valence-corrected chi connectivity index (χ2v) is 2.69. The molecule has 9 heavy (non-hydrogen) atoms. The van der Waals surface area contributed by atoms with Crippen molar-refractivity contribution in [2.45, 2.75) is 25.7 Å². The Kier molecular flexibility index (Phi) is 1.95. The molecule has 0 spiro atoms. The lowest BCUT2D eigenvalue weighted by Gasteiger charge is -2.17. The average Bonchev–Trinajstić information content (AvgIpc) is 1.90. The van der Waals surface area contributed by atoms with Gasteiger partial charge in [0.2, 0.25) is 0 Å². The van der Waals surface area contributed by atoms with Crippen LogP contribution in [0.5, 0.6) is 0 Å². The summed E-state index contributed by atoms with van der Waals surface area (Å²) < 4.78 is 0. The zero-order valence-corrected chi connectivity index (χ0v) is 5.69. The Morgan fingerprint density at radius 1 is 1.44 bits per heavy atom. The van der Waals surface area contributed by atoms with Gasteiger partial charge in [0.05, 0.1) is 0 Å². The van der Waals surface area contributed by atoms with Gasteiger partial charge in [-0.1, -0.05) is 12.2 Å². The van der Waals surface area contributed by atoms with Crippen molar-refractivity contribution >= 4 is 0 Å². The van der Waals surface area contributed by atoms with Crippen LogP contribution >= 0.6 is 0 Å². The van der Waals surface area contributed by atoms with E-state index in [1.807, 2.05) is 0 Å². The van der Waals surface area contributed by atoms with E-state index in [0.717, 1.165) is 25.7 Å². The van der Waals surface area contributed by atoms with Crippen LogP contribution in [0.4, 0.5) is 0 Å². The molecule has 0 aromatic rings. The molecule has 0 N–H and O–H groups in total. The number of rotatable bonds is 0. The smallest absolute Gasteiger partial charge is 0.0206 e. The summed E-state index contributed by atoms with van der Waals surface area (Å²) in [5.41, 5.74) is 1.38. The van der Waals surface area contributed by atoms with Gasteiger partial charge in [-0.15, -0.1) is 12.3 Å². The number of allylic oxidation sites excluding steroid dienone is 1. The Morgan fingerprint density at radius 3 is 2.44 bits per heavy atom. The molecule has 0 amide bonds.